The van der Waals surface area contributed by atoms with Crippen LogP contribution in [-0.4, -0.2) is 25.7 Å². The summed E-state index contributed by atoms with van der Waals surface area (Å²) in [5.41, 5.74) is 0. The molecular formula is C9H8Br2O3S2. The number of Topliss-reactive ketones (excluding diaryl/α,β-unsaturated/α-hetero) is 1. The van der Waals surface area contributed by atoms with Crippen molar-refractivity contribution in [1.29, 1.82) is 0 Å². The molecule has 0 spiro atoms. The Labute approximate surface area is 114 Å². The van der Waals surface area contributed by atoms with E-state index < -0.39 is 9.84 Å². The fraction of sp³-hybridized carbons (Fsp3) is 0.444. The standard InChI is InChI=1S/C9H8Br2O3S2/c10-6-3-7(15-9(6)11)8(12)5-1-2-16(13,14)4-5/h3,5H,1-2,4H2. The van der Waals surface area contributed by atoms with Crippen LogP contribution >= 0.6 is 43.2 Å². The van der Waals surface area contributed by atoms with Crippen molar-refractivity contribution in [3.05, 3.63) is 19.2 Å². The number of rotatable bonds is 2. The van der Waals surface area contributed by atoms with Crippen molar-refractivity contribution in [3.8, 4) is 0 Å². The van der Waals surface area contributed by atoms with Crippen LogP contribution in [0.15, 0.2) is 14.3 Å². The van der Waals surface area contributed by atoms with Gasteiger partial charge in [-0.2, -0.15) is 0 Å². The van der Waals surface area contributed by atoms with Crippen LogP contribution in [0.25, 0.3) is 0 Å². The number of carbonyl (C=O) groups excluding carboxylic acids is 1. The third-order valence-corrected chi connectivity index (χ3v) is 7.53. The first-order valence-corrected chi connectivity index (χ1v) is 8.81. The van der Waals surface area contributed by atoms with Crippen LogP contribution < -0.4 is 0 Å². The van der Waals surface area contributed by atoms with Gasteiger partial charge in [-0.05, 0) is 44.3 Å². The summed E-state index contributed by atoms with van der Waals surface area (Å²) >= 11 is 7.96. The highest BCUT2D eigenvalue weighted by Gasteiger charge is 2.34. The second-order valence-corrected chi connectivity index (χ2v) is 9.15. The van der Waals surface area contributed by atoms with Gasteiger partial charge in [0.2, 0.25) is 0 Å². The van der Waals surface area contributed by atoms with Crippen LogP contribution in [0.4, 0.5) is 0 Å². The van der Waals surface area contributed by atoms with Gasteiger partial charge < -0.3 is 0 Å². The van der Waals surface area contributed by atoms with Crippen molar-refractivity contribution in [2.24, 2.45) is 5.92 Å². The SMILES string of the molecule is O=C(c1cc(Br)c(Br)s1)C1CCS(=O)(=O)C1. The molecule has 1 unspecified atom stereocenters. The van der Waals surface area contributed by atoms with Crippen molar-refractivity contribution in [1.82, 2.24) is 0 Å². The summed E-state index contributed by atoms with van der Waals surface area (Å²) in [6, 6.07) is 1.74. The van der Waals surface area contributed by atoms with Crippen LogP contribution in [-0.2, 0) is 9.84 Å². The van der Waals surface area contributed by atoms with Crippen molar-refractivity contribution in [3.63, 3.8) is 0 Å². The molecule has 1 fully saturated rings. The lowest BCUT2D eigenvalue weighted by Crippen LogP contribution is -2.15. The topological polar surface area (TPSA) is 51.2 Å². The first kappa shape index (κ1) is 12.7. The lowest BCUT2D eigenvalue weighted by atomic mass is 10.0. The minimum Gasteiger partial charge on any atom is -0.293 e. The van der Waals surface area contributed by atoms with E-state index in [0.29, 0.717) is 11.3 Å². The summed E-state index contributed by atoms with van der Waals surface area (Å²) in [5, 5.41) is 0. The van der Waals surface area contributed by atoms with E-state index in [0.717, 1.165) is 8.26 Å². The minimum atomic E-state index is -2.99. The van der Waals surface area contributed by atoms with Gasteiger partial charge in [0.1, 0.15) is 0 Å². The zero-order chi connectivity index (χ0) is 11.9. The molecular weight excluding hydrogens is 380 g/mol. The smallest absolute Gasteiger partial charge is 0.176 e. The van der Waals surface area contributed by atoms with Crippen LogP contribution in [0.5, 0.6) is 0 Å². The maximum absolute atomic E-state index is 12.0. The first-order valence-electron chi connectivity index (χ1n) is 4.58. The number of thiophene rings is 1. The Bertz CT molecular complexity index is 513. The van der Waals surface area contributed by atoms with Gasteiger partial charge in [0.25, 0.3) is 0 Å². The summed E-state index contributed by atoms with van der Waals surface area (Å²) < 4.78 is 24.3. The van der Waals surface area contributed by atoms with Gasteiger partial charge in [-0.3, -0.25) is 4.79 Å². The summed E-state index contributed by atoms with van der Waals surface area (Å²) in [7, 11) is -2.99. The van der Waals surface area contributed by atoms with Gasteiger partial charge >= 0.3 is 0 Å². The molecule has 7 heteroatoms. The molecule has 0 aliphatic carbocycles. The minimum absolute atomic E-state index is 0.00102. The number of sulfone groups is 1. The average Bonchev–Trinajstić information content (AvgIpc) is 2.70. The Morgan fingerprint density at radius 3 is 2.56 bits per heavy atom. The fourth-order valence-corrected chi connectivity index (χ4v) is 5.47. The second-order valence-electron chi connectivity index (χ2n) is 3.70. The molecule has 1 aromatic rings. The van der Waals surface area contributed by atoms with E-state index in [9.17, 15) is 13.2 Å². The van der Waals surface area contributed by atoms with Gasteiger partial charge in [-0.15, -0.1) is 11.3 Å². The molecule has 1 saturated heterocycles. The van der Waals surface area contributed by atoms with Crippen LogP contribution in [0, 0.1) is 5.92 Å². The van der Waals surface area contributed by atoms with E-state index in [4.69, 9.17) is 0 Å². The van der Waals surface area contributed by atoms with E-state index >= 15 is 0 Å². The zero-order valence-electron chi connectivity index (χ0n) is 8.07. The number of hydrogen-bond donors (Lipinski definition) is 0. The third kappa shape index (κ3) is 2.57. The Balaban J connectivity index is 2.21. The highest BCUT2D eigenvalue weighted by atomic mass is 79.9. The normalized spacial score (nSPS) is 23.5. The molecule has 1 aliphatic rings. The van der Waals surface area contributed by atoms with Gasteiger partial charge in [-0.1, -0.05) is 0 Å². The van der Waals surface area contributed by atoms with Gasteiger partial charge in [0.05, 0.1) is 20.2 Å². The average molecular weight is 388 g/mol. The molecule has 3 nitrogen and oxygen atoms in total. The summed E-state index contributed by atoms with van der Waals surface area (Å²) in [4.78, 5) is 12.6. The third-order valence-electron chi connectivity index (χ3n) is 2.49. The number of carbonyl (C=O) groups is 1. The van der Waals surface area contributed by atoms with Crippen LogP contribution in [0.3, 0.4) is 0 Å². The quantitative estimate of drug-likeness (QED) is 0.733. The number of ketones is 1. The molecule has 0 saturated carbocycles. The van der Waals surface area contributed by atoms with Gasteiger partial charge in [0, 0.05) is 10.4 Å². The van der Waals surface area contributed by atoms with Crippen LogP contribution in [0.2, 0.25) is 0 Å². The lowest BCUT2D eigenvalue weighted by molar-refractivity contribution is 0.0937. The van der Waals surface area contributed by atoms with Crippen molar-refractivity contribution in [2.45, 2.75) is 6.42 Å². The molecule has 16 heavy (non-hydrogen) atoms. The van der Waals surface area contributed by atoms with Gasteiger partial charge in [0.15, 0.2) is 15.6 Å². The molecule has 0 aromatic carbocycles. The Morgan fingerprint density at radius 2 is 2.12 bits per heavy atom. The zero-order valence-corrected chi connectivity index (χ0v) is 12.9. The maximum atomic E-state index is 12.0. The molecule has 88 valence electrons. The molecule has 1 aliphatic heterocycles. The molecule has 0 bridgehead atoms. The number of halogens is 2. The van der Waals surface area contributed by atoms with E-state index in [2.05, 4.69) is 31.9 Å². The largest absolute Gasteiger partial charge is 0.293 e. The van der Waals surface area contributed by atoms with Crippen molar-refractivity contribution < 1.29 is 13.2 Å². The molecule has 2 rings (SSSR count). The highest BCUT2D eigenvalue weighted by molar-refractivity contribution is 9.13. The molecule has 0 amide bonds. The summed E-state index contributed by atoms with van der Waals surface area (Å²) in [6.45, 7) is 0. The molecule has 0 radical (unpaired) electrons. The van der Waals surface area contributed by atoms with E-state index in [1.165, 1.54) is 11.3 Å². The summed E-state index contributed by atoms with van der Waals surface area (Å²) in [5.74, 6) is -0.282. The Kier molecular flexibility index (Phi) is 3.59. The van der Waals surface area contributed by atoms with E-state index in [1.807, 2.05) is 0 Å². The molecule has 0 N–H and O–H groups in total. The van der Waals surface area contributed by atoms with E-state index in [-0.39, 0.29) is 23.2 Å². The van der Waals surface area contributed by atoms with Crippen molar-refractivity contribution >= 4 is 58.8 Å². The summed E-state index contributed by atoms with van der Waals surface area (Å²) in [6.07, 6.45) is 0.453. The predicted molar refractivity (Wildman–Crippen MR) is 70.8 cm³/mol. The van der Waals surface area contributed by atoms with E-state index in [1.54, 1.807) is 6.07 Å². The Hall–Kier alpha value is 0.280. The molecule has 1 atom stereocenters. The monoisotopic (exact) mass is 386 g/mol. The predicted octanol–water partition coefficient (Wildman–Crippen LogP) is 2.89. The molecule has 2 heterocycles. The van der Waals surface area contributed by atoms with Crippen LogP contribution in [0.1, 0.15) is 16.1 Å². The Morgan fingerprint density at radius 1 is 1.44 bits per heavy atom. The van der Waals surface area contributed by atoms with Crippen molar-refractivity contribution in [2.75, 3.05) is 11.5 Å². The fourth-order valence-electron chi connectivity index (χ4n) is 1.67. The molecule has 1 aromatic heterocycles. The van der Waals surface area contributed by atoms with Gasteiger partial charge in [-0.25, -0.2) is 8.42 Å². The number of hydrogen-bond acceptors (Lipinski definition) is 4. The second kappa shape index (κ2) is 4.51. The maximum Gasteiger partial charge on any atom is 0.176 e. The highest BCUT2D eigenvalue weighted by Crippen LogP contribution is 2.35. The lowest BCUT2D eigenvalue weighted by Gasteiger charge is -2.02. The first-order chi connectivity index (χ1) is 7.39.